The highest BCUT2D eigenvalue weighted by Gasteiger charge is 2.15. The molecular formula is C14H17FN4O2. The first-order chi connectivity index (χ1) is 10.1. The minimum atomic E-state index is -0.842. The third kappa shape index (κ3) is 3.85. The third-order valence-corrected chi connectivity index (χ3v) is 3.20. The molecule has 0 saturated carbocycles. The van der Waals surface area contributed by atoms with E-state index in [9.17, 15) is 14.5 Å². The standard InChI is InChI=1S/C14H17FN4O2/c15-11-6-5-10(8-13(11)19(20)21)12-9-17-14(18-12)4-2-1-3-7-16/h5-6,8-9H,1-4,7,16H2,(H,17,18). The van der Waals surface area contributed by atoms with Crippen molar-refractivity contribution < 1.29 is 9.31 Å². The van der Waals surface area contributed by atoms with Crippen LogP contribution in [0.4, 0.5) is 10.1 Å². The van der Waals surface area contributed by atoms with Crippen molar-refractivity contribution in [2.75, 3.05) is 6.54 Å². The lowest BCUT2D eigenvalue weighted by Crippen LogP contribution is -1.98. The molecule has 0 spiro atoms. The molecule has 0 unspecified atom stereocenters. The number of nitro groups is 1. The van der Waals surface area contributed by atoms with Crippen molar-refractivity contribution in [3.63, 3.8) is 0 Å². The summed E-state index contributed by atoms with van der Waals surface area (Å²) >= 11 is 0. The molecule has 0 saturated heterocycles. The van der Waals surface area contributed by atoms with Gasteiger partial charge in [0.25, 0.3) is 0 Å². The molecule has 0 aliphatic heterocycles. The van der Waals surface area contributed by atoms with Crippen LogP contribution in [-0.2, 0) is 6.42 Å². The molecule has 1 aromatic heterocycles. The van der Waals surface area contributed by atoms with Crippen molar-refractivity contribution >= 4 is 5.69 Å². The van der Waals surface area contributed by atoms with Gasteiger partial charge in [0.2, 0.25) is 5.82 Å². The number of nitrogens with two attached hydrogens (primary N) is 1. The number of hydrogen-bond donors (Lipinski definition) is 2. The van der Waals surface area contributed by atoms with E-state index in [-0.39, 0.29) is 0 Å². The van der Waals surface area contributed by atoms with Crippen molar-refractivity contribution in [3.8, 4) is 11.3 Å². The van der Waals surface area contributed by atoms with Crippen molar-refractivity contribution in [3.05, 3.63) is 46.2 Å². The second-order valence-corrected chi connectivity index (χ2v) is 4.77. The number of nitro benzene ring substituents is 1. The van der Waals surface area contributed by atoms with Crippen LogP contribution in [0.1, 0.15) is 25.1 Å². The maximum absolute atomic E-state index is 13.3. The molecule has 0 atom stereocenters. The first-order valence-electron chi connectivity index (χ1n) is 6.80. The first-order valence-corrected chi connectivity index (χ1v) is 6.80. The van der Waals surface area contributed by atoms with E-state index in [1.54, 1.807) is 6.20 Å². The average molecular weight is 292 g/mol. The number of unbranched alkanes of at least 4 members (excludes halogenated alkanes) is 2. The van der Waals surface area contributed by atoms with Gasteiger partial charge in [-0.25, -0.2) is 4.98 Å². The summed E-state index contributed by atoms with van der Waals surface area (Å²) < 4.78 is 13.3. The Hall–Kier alpha value is -2.28. The fraction of sp³-hybridized carbons (Fsp3) is 0.357. The van der Waals surface area contributed by atoms with Crippen LogP contribution in [0.5, 0.6) is 0 Å². The van der Waals surface area contributed by atoms with Crippen LogP contribution in [0.15, 0.2) is 24.4 Å². The first kappa shape index (κ1) is 15.1. The van der Waals surface area contributed by atoms with Gasteiger partial charge in [0.15, 0.2) is 0 Å². The zero-order valence-corrected chi connectivity index (χ0v) is 11.5. The minimum absolute atomic E-state index is 0.536. The fourth-order valence-corrected chi connectivity index (χ4v) is 2.07. The molecule has 0 fully saturated rings. The van der Waals surface area contributed by atoms with Crippen molar-refractivity contribution in [2.24, 2.45) is 5.73 Å². The summed E-state index contributed by atoms with van der Waals surface area (Å²) in [6.07, 6.45) is 5.40. The molecule has 2 rings (SSSR count). The van der Waals surface area contributed by atoms with E-state index in [0.717, 1.165) is 37.6 Å². The Kier molecular flexibility index (Phi) is 4.99. The van der Waals surface area contributed by atoms with Gasteiger partial charge in [0, 0.05) is 18.1 Å². The van der Waals surface area contributed by atoms with Gasteiger partial charge in [-0.1, -0.05) is 6.42 Å². The summed E-state index contributed by atoms with van der Waals surface area (Å²) in [4.78, 5) is 17.4. The number of halogens is 1. The highest BCUT2D eigenvalue weighted by Crippen LogP contribution is 2.25. The van der Waals surface area contributed by atoms with Crippen molar-refractivity contribution in [2.45, 2.75) is 25.7 Å². The molecule has 21 heavy (non-hydrogen) atoms. The van der Waals surface area contributed by atoms with Gasteiger partial charge in [-0.3, -0.25) is 10.1 Å². The summed E-state index contributed by atoms with van der Waals surface area (Å²) in [7, 11) is 0. The van der Waals surface area contributed by atoms with Gasteiger partial charge in [-0.2, -0.15) is 4.39 Å². The van der Waals surface area contributed by atoms with E-state index >= 15 is 0 Å². The summed E-state index contributed by atoms with van der Waals surface area (Å²) in [6, 6.07) is 3.80. The van der Waals surface area contributed by atoms with Gasteiger partial charge in [0.05, 0.1) is 16.8 Å². The number of rotatable bonds is 7. The number of aryl methyl sites for hydroxylation is 1. The summed E-state index contributed by atoms with van der Waals surface area (Å²) in [5.41, 5.74) is 6.08. The highest BCUT2D eigenvalue weighted by molar-refractivity contribution is 5.62. The zero-order valence-electron chi connectivity index (χ0n) is 11.5. The molecule has 0 aliphatic carbocycles. The van der Waals surface area contributed by atoms with Gasteiger partial charge < -0.3 is 10.7 Å². The summed E-state index contributed by atoms with van der Waals surface area (Å²) in [6.45, 7) is 0.683. The van der Waals surface area contributed by atoms with Crippen LogP contribution in [-0.4, -0.2) is 21.4 Å². The van der Waals surface area contributed by atoms with E-state index in [1.165, 1.54) is 12.1 Å². The quantitative estimate of drug-likeness (QED) is 0.465. The normalized spacial score (nSPS) is 10.8. The van der Waals surface area contributed by atoms with Crippen LogP contribution < -0.4 is 5.73 Å². The zero-order chi connectivity index (χ0) is 15.2. The second-order valence-electron chi connectivity index (χ2n) is 4.77. The molecule has 112 valence electrons. The number of imidazole rings is 1. The predicted octanol–water partition coefficient (Wildman–Crippen LogP) is 2.80. The minimum Gasteiger partial charge on any atom is -0.342 e. The second kappa shape index (κ2) is 6.94. The number of hydrogen-bond acceptors (Lipinski definition) is 4. The Balaban J connectivity index is 2.10. The summed E-state index contributed by atoms with van der Waals surface area (Å²) in [5, 5.41) is 10.7. The molecule has 7 heteroatoms. The van der Waals surface area contributed by atoms with E-state index in [4.69, 9.17) is 5.73 Å². The van der Waals surface area contributed by atoms with Crippen LogP contribution in [0, 0.1) is 15.9 Å². The Morgan fingerprint density at radius 2 is 2.14 bits per heavy atom. The number of aromatic nitrogens is 2. The lowest BCUT2D eigenvalue weighted by molar-refractivity contribution is -0.387. The maximum Gasteiger partial charge on any atom is 0.305 e. The Morgan fingerprint density at radius 3 is 2.86 bits per heavy atom. The van der Waals surface area contributed by atoms with E-state index < -0.39 is 16.4 Å². The number of nitrogens with one attached hydrogen (secondary N) is 1. The number of nitrogens with zero attached hydrogens (tertiary/aromatic N) is 2. The molecule has 0 amide bonds. The smallest absolute Gasteiger partial charge is 0.305 e. The molecule has 0 aliphatic rings. The van der Waals surface area contributed by atoms with Crippen molar-refractivity contribution in [1.29, 1.82) is 0 Å². The van der Waals surface area contributed by atoms with E-state index in [2.05, 4.69) is 9.97 Å². The molecular weight excluding hydrogens is 275 g/mol. The molecule has 3 N–H and O–H groups in total. The van der Waals surface area contributed by atoms with Crippen LogP contribution >= 0.6 is 0 Å². The van der Waals surface area contributed by atoms with Crippen molar-refractivity contribution in [1.82, 2.24) is 9.97 Å². The molecule has 1 aromatic carbocycles. The SMILES string of the molecule is NCCCCCc1ncc(-c2ccc(F)c([N+](=O)[O-])c2)[nH]1. The lowest BCUT2D eigenvalue weighted by Gasteiger charge is -2.00. The van der Waals surface area contributed by atoms with Gasteiger partial charge >= 0.3 is 5.69 Å². The number of H-pyrrole nitrogens is 1. The predicted molar refractivity (Wildman–Crippen MR) is 77.2 cm³/mol. The monoisotopic (exact) mass is 292 g/mol. The maximum atomic E-state index is 13.3. The molecule has 1 heterocycles. The number of aromatic amines is 1. The van der Waals surface area contributed by atoms with Crippen LogP contribution in [0.2, 0.25) is 0 Å². The Labute approximate surface area is 121 Å². The molecule has 2 aromatic rings. The highest BCUT2D eigenvalue weighted by atomic mass is 19.1. The Bertz CT molecular complexity index is 627. The topological polar surface area (TPSA) is 97.8 Å². The van der Waals surface area contributed by atoms with E-state index in [1.807, 2.05) is 0 Å². The van der Waals surface area contributed by atoms with Crippen LogP contribution in [0.25, 0.3) is 11.3 Å². The van der Waals surface area contributed by atoms with Gasteiger partial charge in [-0.05, 0) is 31.5 Å². The summed E-state index contributed by atoms with van der Waals surface area (Å²) in [5.74, 6) is -0.0285. The molecule has 6 nitrogen and oxygen atoms in total. The number of benzene rings is 1. The Morgan fingerprint density at radius 1 is 1.33 bits per heavy atom. The molecule has 0 radical (unpaired) electrons. The van der Waals surface area contributed by atoms with Gasteiger partial charge in [-0.15, -0.1) is 0 Å². The fourth-order valence-electron chi connectivity index (χ4n) is 2.07. The lowest BCUT2D eigenvalue weighted by atomic mass is 10.1. The van der Waals surface area contributed by atoms with Crippen LogP contribution in [0.3, 0.4) is 0 Å². The van der Waals surface area contributed by atoms with E-state index in [0.29, 0.717) is 17.8 Å². The average Bonchev–Trinajstić information content (AvgIpc) is 2.92. The largest absolute Gasteiger partial charge is 0.342 e. The molecule has 0 bridgehead atoms. The third-order valence-electron chi connectivity index (χ3n) is 3.20. The van der Waals surface area contributed by atoms with Gasteiger partial charge in [0.1, 0.15) is 5.82 Å².